The van der Waals surface area contributed by atoms with Gasteiger partial charge in [-0.05, 0) is 49.9 Å². The second-order valence-corrected chi connectivity index (χ2v) is 9.73. The van der Waals surface area contributed by atoms with E-state index in [9.17, 15) is 15.3 Å². The summed E-state index contributed by atoms with van der Waals surface area (Å²) < 4.78 is 1.88. The Morgan fingerprint density at radius 2 is 1.83 bits per heavy atom. The fraction of sp³-hybridized carbons (Fsp3) is 0.762. The summed E-state index contributed by atoms with van der Waals surface area (Å²) in [5.74, 6) is 2.25. The normalized spacial score (nSPS) is 36.8. The van der Waals surface area contributed by atoms with Crippen LogP contribution >= 0.6 is 0 Å². The first-order valence-electron chi connectivity index (χ1n) is 11.0. The van der Waals surface area contributed by atoms with E-state index in [4.69, 9.17) is 0 Å². The Labute approximate surface area is 169 Å². The maximum absolute atomic E-state index is 10.7. The number of fused-ring (bicyclic) bond motifs is 2. The molecule has 0 aromatic carbocycles. The largest absolute Gasteiger partial charge is 0.396 e. The summed E-state index contributed by atoms with van der Waals surface area (Å²) in [6, 6.07) is 0.129. The molecule has 2 heterocycles. The number of hydrogen-bond donors (Lipinski definition) is 4. The van der Waals surface area contributed by atoms with Crippen LogP contribution in [0.25, 0.3) is 11.2 Å². The van der Waals surface area contributed by atoms with Gasteiger partial charge in [-0.2, -0.15) is 0 Å². The van der Waals surface area contributed by atoms with Crippen molar-refractivity contribution in [1.82, 2.24) is 19.5 Å². The highest BCUT2D eigenvalue weighted by atomic mass is 16.3. The van der Waals surface area contributed by atoms with Gasteiger partial charge in [-0.25, -0.2) is 15.0 Å². The molecule has 4 aliphatic carbocycles. The van der Waals surface area contributed by atoms with Gasteiger partial charge < -0.3 is 25.2 Å². The number of nitrogens with zero attached hydrogens (tertiary/aromatic N) is 4. The number of aromatic nitrogens is 4. The Morgan fingerprint density at radius 3 is 2.41 bits per heavy atom. The Bertz CT molecular complexity index is 912. The molecule has 8 nitrogen and oxygen atoms in total. The van der Waals surface area contributed by atoms with Crippen molar-refractivity contribution in [3.8, 4) is 0 Å². The van der Waals surface area contributed by atoms with E-state index in [2.05, 4.69) is 20.3 Å². The number of aliphatic hydroxyl groups is 3. The third-order valence-corrected chi connectivity index (χ3v) is 8.45. The lowest BCUT2D eigenvalue weighted by molar-refractivity contribution is -0.0300. The van der Waals surface area contributed by atoms with Crippen molar-refractivity contribution in [2.24, 2.45) is 23.2 Å². The molecule has 0 radical (unpaired) electrons. The van der Waals surface area contributed by atoms with Gasteiger partial charge in [-0.3, -0.25) is 0 Å². The van der Waals surface area contributed by atoms with Crippen LogP contribution in [0.4, 0.5) is 5.82 Å². The van der Waals surface area contributed by atoms with Gasteiger partial charge in [0.15, 0.2) is 11.5 Å². The fourth-order valence-electron chi connectivity index (χ4n) is 6.10. The van der Waals surface area contributed by atoms with Gasteiger partial charge in [0.2, 0.25) is 0 Å². The molecule has 4 N–H and O–H groups in total. The Morgan fingerprint density at radius 1 is 1.10 bits per heavy atom. The van der Waals surface area contributed by atoms with Gasteiger partial charge in [-0.1, -0.05) is 12.8 Å². The molecule has 6 rings (SSSR count). The predicted octanol–water partition coefficient (Wildman–Crippen LogP) is 1.48. The minimum absolute atomic E-state index is 0.0407. The number of imidazole rings is 1. The van der Waals surface area contributed by atoms with Gasteiger partial charge >= 0.3 is 0 Å². The molecule has 0 bridgehead atoms. The summed E-state index contributed by atoms with van der Waals surface area (Å²) in [5.41, 5.74) is 0.828. The third kappa shape index (κ3) is 2.45. The summed E-state index contributed by atoms with van der Waals surface area (Å²) in [6.45, 7) is -0.106. The van der Waals surface area contributed by atoms with Gasteiger partial charge in [0.1, 0.15) is 17.9 Å². The minimum Gasteiger partial charge on any atom is -0.396 e. The Balaban J connectivity index is 1.33. The van der Waals surface area contributed by atoms with Crippen molar-refractivity contribution in [3.63, 3.8) is 0 Å². The standard InChI is InChI=1S/C21H29N5O3/c27-8-21-7-13(21)16(17(28)18(21)29)26-10-24-15-19(22-9-23-20(15)26)25-14(11-3-1-4-11)12-5-2-6-12/h9-14,16-18,27-29H,1-8H2,(H,22,23,25)/t13-,16-,17+,18+,21+/m1/s1. The van der Waals surface area contributed by atoms with Gasteiger partial charge in [0, 0.05) is 11.5 Å². The molecular weight excluding hydrogens is 370 g/mol. The Hall–Kier alpha value is -1.77. The van der Waals surface area contributed by atoms with Crippen molar-refractivity contribution in [1.29, 1.82) is 0 Å². The zero-order chi connectivity index (χ0) is 19.8. The van der Waals surface area contributed by atoms with Crippen LogP contribution in [0.5, 0.6) is 0 Å². The van der Waals surface area contributed by atoms with E-state index in [1.165, 1.54) is 38.5 Å². The monoisotopic (exact) mass is 399 g/mol. The molecule has 4 aliphatic rings. The lowest BCUT2D eigenvalue weighted by Gasteiger charge is -2.43. The maximum atomic E-state index is 10.7. The van der Waals surface area contributed by atoms with Crippen molar-refractivity contribution in [2.75, 3.05) is 11.9 Å². The smallest absolute Gasteiger partial charge is 0.165 e. The maximum Gasteiger partial charge on any atom is 0.165 e. The summed E-state index contributed by atoms with van der Waals surface area (Å²) >= 11 is 0. The van der Waals surface area contributed by atoms with Crippen molar-refractivity contribution >= 4 is 17.0 Å². The van der Waals surface area contributed by atoms with Gasteiger partial charge in [0.05, 0.1) is 25.1 Å². The summed E-state index contributed by atoms with van der Waals surface area (Å²) in [5, 5.41) is 34.6. The number of nitrogens with one attached hydrogen (secondary N) is 1. The van der Waals surface area contributed by atoms with Crippen LogP contribution in [0.15, 0.2) is 12.7 Å². The molecule has 0 aliphatic heterocycles. The molecule has 0 amide bonds. The average Bonchev–Trinajstić information content (AvgIpc) is 3.14. The topological polar surface area (TPSA) is 116 Å². The van der Waals surface area contributed by atoms with E-state index >= 15 is 0 Å². The molecule has 0 spiro atoms. The summed E-state index contributed by atoms with van der Waals surface area (Å²) in [6.07, 6.45) is 9.92. The fourth-order valence-corrected chi connectivity index (χ4v) is 6.10. The quantitative estimate of drug-likeness (QED) is 0.581. The molecule has 0 unspecified atom stereocenters. The van der Waals surface area contributed by atoms with E-state index in [0.29, 0.717) is 18.1 Å². The van der Waals surface area contributed by atoms with Crippen LogP contribution < -0.4 is 5.32 Å². The number of aliphatic hydroxyl groups excluding tert-OH is 3. The van der Waals surface area contributed by atoms with Crippen molar-refractivity contribution in [2.45, 2.75) is 69.2 Å². The van der Waals surface area contributed by atoms with E-state index in [-0.39, 0.29) is 18.6 Å². The summed E-state index contributed by atoms with van der Waals surface area (Å²) in [4.78, 5) is 13.6. The van der Waals surface area contributed by atoms with Crippen LogP contribution in [0.1, 0.15) is 51.0 Å². The second-order valence-electron chi connectivity index (χ2n) is 9.73. The predicted molar refractivity (Wildman–Crippen MR) is 106 cm³/mol. The molecule has 4 saturated carbocycles. The highest BCUT2D eigenvalue weighted by Crippen LogP contribution is 2.67. The molecule has 29 heavy (non-hydrogen) atoms. The summed E-state index contributed by atoms with van der Waals surface area (Å²) in [7, 11) is 0. The van der Waals surface area contributed by atoms with Gasteiger partial charge in [-0.15, -0.1) is 0 Å². The molecule has 8 heteroatoms. The third-order valence-electron chi connectivity index (χ3n) is 8.45. The molecule has 2 aromatic rings. The van der Waals surface area contributed by atoms with Crippen LogP contribution in [0.3, 0.4) is 0 Å². The SMILES string of the molecule is OC[C@@]12C[C@@H]1[C@@H](n1cnc3c(NC(C4CCC4)C4CCC4)ncnc31)[C@H](O)[C@@H]2O. The molecule has 4 fully saturated rings. The molecule has 2 aromatic heterocycles. The van der Waals surface area contributed by atoms with Crippen molar-refractivity contribution < 1.29 is 15.3 Å². The Kier molecular flexibility index (Phi) is 3.96. The molecular formula is C21H29N5O3. The molecule has 5 atom stereocenters. The number of rotatable bonds is 6. The van der Waals surface area contributed by atoms with E-state index in [0.717, 1.165) is 23.2 Å². The highest BCUT2D eigenvalue weighted by molar-refractivity contribution is 5.83. The first kappa shape index (κ1) is 18.0. The lowest BCUT2D eigenvalue weighted by Crippen LogP contribution is -2.42. The highest BCUT2D eigenvalue weighted by Gasteiger charge is 2.71. The first-order valence-corrected chi connectivity index (χ1v) is 11.0. The van der Waals surface area contributed by atoms with Crippen LogP contribution in [0, 0.1) is 23.2 Å². The van der Waals surface area contributed by atoms with Crippen LogP contribution in [-0.2, 0) is 0 Å². The number of anilines is 1. The lowest BCUT2D eigenvalue weighted by atomic mass is 9.68. The average molecular weight is 399 g/mol. The molecule has 156 valence electrons. The second kappa shape index (κ2) is 6.36. The zero-order valence-corrected chi connectivity index (χ0v) is 16.5. The minimum atomic E-state index is -0.928. The number of hydrogen-bond acceptors (Lipinski definition) is 7. The molecule has 0 saturated heterocycles. The van der Waals surface area contributed by atoms with Gasteiger partial charge in [0.25, 0.3) is 0 Å². The van der Waals surface area contributed by atoms with Crippen LogP contribution in [0.2, 0.25) is 0 Å². The van der Waals surface area contributed by atoms with Crippen LogP contribution in [-0.4, -0.2) is 59.7 Å². The van der Waals surface area contributed by atoms with E-state index in [1.807, 2.05) is 4.57 Å². The van der Waals surface area contributed by atoms with E-state index < -0.39 is 17.6 Å². The van der Waals surface area contributed by atoms with E-state index in [1.54, 1.807) is 12.7 Å². The first-order chi connectivity index (χ1) is 14.1. The zero-order valence-electron chi connectivity index (χ0n) is 16.5. The van der Waals surface area contributed by atoms with Crippen molar-refractivity contribution in [3.05, 3.63) is 12.7 Å².